The van der Waals surface area contributed by atoms with E-state index in [0.29, 0.717) is 24.0 Å². The normalized spacial score (nSPS) is 19.1. The molecule has 1 unspecified atom stereocenters. The Morgan fingerprint density at radius 2 is 2.00 bits per heavy atom. The Morgan fingerprint density at radius 3 is 2.53 bits per heavy atom. The summed E-state index contributed by atoms with van der Waals surface area (Å²) in [5.74, 6) is 1.75. The van der Waals surface area contributed by atoms with Crippen LogP contribution < -0.4 is 4.90 Å². The summed E-state index contributed by atoms with van der Waals surface area (Å²) in [4.78, 5) is 6.65. The van der Waals surface area contributed by atoms with Gasteiger partial charge in [-0.05, 0) is 32.6 Å². The molecule has 0 aromatic carbocycles. The third-order valence-corrected chi connectivity index (χ3v) is 3.85. The van der Waals surface area contributed by atoms with Crippen LogP contribution >= 0.6 is 0 Å². The first kappa shape index (κ1) is 14.3. The summed E-state index contributed by atoms with van der Waals surface area (Å²) < 4.78 is 11.0. The van der Waals surface area contributed by atoms with E-state index in [2.05, 4.69) is 42.7 Å². The summed E-state index contributed by atoms with van der Waals surface area (Å²) in [7, 11) is 0. The fraction of sp³-hybridized carbons (Fsp3) is 0.857. The van der Waals surface area contributed by atoms with Crippen LogP contribution in [0.2, 0.25) is 0 Å². The molecule has 0 radical (unpaired) electrons. The molecular weight excluding hydrogens is 242 g/mol. The second-order valence-electron chi connectivity index (χ2n) is 5.57. The second-order valence-corrected chi connectivity index (χ2v) is 5.57. The molecule has 0 bridgehead atoms. The zero-order valence-corrected chi connectivity index (χ0v) is 12.4. The minimum Gasteiger partial charge on any atom is -0.379 e. The molecular formula is C14H25N3O2. The number of rotatable bonds is 5. The molecule has 5 nitrogen and oxygen atoms in total. The summed E-state index contributed by atoms with van der Waals surface area (Å²) in [6, 6.07) is 0.672. The molecule has 0 aliphatic carbocycles. The molecule has 0 saturated carbocycles. The summed E-state index contributed by atoms with van der Waals surface area (Å²) in [5, 5.41) is 4.02. The van der Waals surface area contributed by atoms with Gasteiger partial charge in [-0.1, -0.05) is 19.0 Å². The molecule has 1 saturated heterocycles. The molecule has 2 heterocycles. The molecule has 0 spiro atoms. The van der Waals surface area contributed by atoms with Crippen molar-refractivity contribution in [3.8, 4) is 0 Å². The van der Waals surface area contributed by atoms with E-state index < -0.39 is 0 Å². The van der Waals surface area contributed by atoms with Crippen molar-refractivity contribution in [1.29, 1.82) is 0 Å². The van der Waals surface area contributed by atoms with E-state index in [1.54, 1.807) is 0 Å². The number of aromatic nitrogens is 2. The number of ether oxygens (including phenoxy) is 1. The smallest absolute Gasteiger partial charge is 0.324 e. The molecule has 19 heavy (non-hydrogen) atoms. The fourth-order valence-corrected chi connectivity index (χ4v) is 2.55. The van der Waals surface area contributed by atoms with E-state index in [0.717, 1.165) is 38.4 Å². The SMILES string of the molecule is CCOC(C)C1CCN(c2nc(C(C)C)no2)CC1. The van der Waals surface area contributed by atoms with Gasteiger partial charge in [-0.3, -0.25) is 0 Å². The summed E-state index contributed by atoms with van der Waals surface area (Å²) in [5.41, 5.74) is 0. The first-order valence-electron chi connectivity index (χ1n) is 7.32. The van der Waals surface area contributed by atoms with Gasteiger partial charge in [0.1, 0.15) is 0 Å². The number of anilines is 1. The van der Waals surface area contributed by atoms with Gasteiger partial charge < -0.3 is 14.2 Å². The number of nitrogens with zero attached hydrogens (tertiary/aromatic N) is 3. The van der Waals surface area contributed by atoms with Gasteiger partial charge >= 0.3 is 6.01 Å². The molecule has 5 heteroatoms. The zero-order valence-electron chi connectivity index (χ0n) is 12.4. The highest BCUT2D eigenvalue weighted by Gasteiger charge is 2.26. The van der Waals surface area contributed by atoms with Crippen molar-refractivity contribution in [2.45, 2.75) is 52.6 Å². The molecule has 108 valence electrons. The second kappa shape index (κ2) is 6.37. The van der Waals surface area contributed by atoms with Crippen molar-refractivity contribution in [1.82, 2.24) is 10.1 Å². The van der Waals surface area contributed by atoms with E-state index in [9.17, 15) is 0 Å². The van der Waals surface area contributed by atoms with Gasteiger partial charge in [0.25, 0.3) is 0 Å². The van der Waals surface area contributed by atoms with E-state index in [1.807, 2.05) is 0 Å². The third kappa shape index (κ3) is 3.47. The lowest BCUT2D eigenvalue weighted by Gasteiger charge is -2.33. The number of hydrogen-bond acceptors (Lipinski definition) is 5. The predicted molar refractivity (Wildman–Crippen MR) is 74.4 cm³/mol. The quantitative estimate of drug-likeness (QED) is 0.821. The monoisotopic (exact) mass is 267 g/mol. The van der Waals surface area contributed by atoms with Gasteiger partial charge in [-0.25, -0.2) is 0 Å². The molecule has 0 N–H and O–H groups in total. The minimum atomic E-state index is 0.313. The van der Waals surface area contributed by atoms with Gasteiger partial charge in [0.15, 0.2) is 5.82 Å². The van der Waals surface area contributed by atoms with Gasteiger partial charge in [-0.2, -0.15) is 4.98 Å². The van der Waals surface area contributed by atoms with Crippen molar-refractivity contribution < 1.29 is 9.26 Å². The van der Waals surface area contributed by atoms with Gasteiger partial charge in [-0.15, -0.1) is 0 Å². The van der Waals surface area contributed by atoms with Crippen LogP contribution in [-0.2, 0) is 4.74 Å². The predicted octanol–water partition coefficient (Wildman–Crippen LogP) is 2.83. The summed E-state index contributed by atoms with van der Waals surface area (Å²) in [6.45, 7) is 11.1. The first-order valence-corrected chi connectivity index (χ1v) is 7.32. The molecule has 1 aliphatic heterocycles. The van der Waals surface area contributed by atoms with Gasteiger partial charge in [0.2, 0.25) is 0 Å². The zero-order chi connectivity index (χ0) is 13.8. The van der Waals surface area contributed by atoms with Gasteiger partial charge in [0, 0.05) is 25.6 Å². The van der Waals surface area contributed by atoms with Crippen molar-refractivity contribution >= 4 is 6.01 Å². The Labute approximate surface area is 115 Å². The lowest BCUT2D eigenvalue weighted by molar-refractivity contribution is 0.0245. The third-order valence-electron chi connectivity index (χ3n) is 3.85. The van der Waals surface area contributed by atoms with Crippen molar-refractivity contribution in [2.24, 2.45) is 5.92 Å². The molecule has 1 atom stereocenters. The van der Waals surface area contributed by atoms with Crippen LogP contribution in [0.15, 0.2) is 4.52 Å². The molecule has 1 aliphatic rings. The average Bonchev–Trinajstić information content (AvgIpc) is 2.89. The highest BCUT2D eigenvalue weighted by molar-refractivity contribution is 5.26. The number of piperidine rings is 1. The lowest BCUT2D eigenvalue weighted by Crippen LogP contribution is -2.38. The van der Waals surface area contributed by atoms with Gasteiger partial charge in [0.05, 0.1) is 6.10 Å². The Kier molecular flexibility index (Phi) is 4.80. The topological polar surface area (TPSA) is 51.4 Å². The van der Waals surface area contributed by atoms with Crippen LogP contribution in [0.25, 0.3) is 0 Å². The number of hydrogen-bond donors (Lipinski definition) is 0. The highest BCUT2D eigenvalue weighted by Crippen LogP contribution is 2.26. The molecule has 1 aromatic rings. The molecule has 0 amide bonds. The van der Waals surface area contributed by atoms with Crippen LogP contribution in [0.1, 0.15) is 52.3 Å². The van der Waals surface area contributed by atoms with Crippen LogP contribution in [0.4, 0.5) is 6.01 Å². The Balaban J connectivity index is 1.88. The van der Waals surface area contributed by atoms with Crippen LogP contribution in [-0.4, -0.2) is 35.9 Å². The molecule has 1 aromatic heterocycles. The van der Waals surface area contributed by atoms with Crippen molar-refractivity contribution in [3.05, 3.63) is 5.82 Å². The average molecular weight is 267 g/mol. The van der Waals surface area contributed by atoms with E-state index in [4.69, 9.17) is 9.26 Å². The summed E-state index contributed by atoms with van der Waals surface area (Å²) in [6.07, 6.45) is 2.60. The lowest BCUT2D eigenvalue weighted by atomic mass is 9.92. The standard InChI is InChI=1S/C14H25N3O2/c1-5-18-11(4)12-6-8-17(9-7-12)14-15-13(10(2)3)16-19-14/h10-12H,5-9H2,1-4H3. The van der Waals surface area contributed by atoms with E-state index in [1.165, 1.54) is 0 Å². The maximum atomic E-state index is 5.69. The maximum absolute atomic E-state index is 5.69. The Bertz CT molecular complexity index is 384. The minimum absolute atomic E-state index is 0.313. The van der Waals surface area contributed by atoms with Crippen LogP contribution in [0.5, 0.6) is 0 Å². The van der Waals surface area contributed by atoms with Crippen molar-refractivity contribution in [3.63, 3.8) is 0 Å². The molecule has 2 rings (SSSR count). The van der Waals surface area contributed by atoms with Crippen molar-refractivity contribution in [2.75, 3.05) is 24.6 Å². The molecule has 1 fully saturated rings. The maximum Gasteiger partial charge on any atom is 0.324 e. The first-order chi connectivity index (χ1) is 9.11. The highest BCUT2D eigenvalue weighted by atomic mass is 16.5. The fourth-order valence-electron chi connectivity index (χ4n) is 2.55. The van der Waals surface area contributed by atoms with E-state index in [-0.39, 0.29) is 0 Å². The largest absolute Gasteiger partial charge is 0.379 e. The van der Waals surface area contributed by atoms with E-state index >= 15 is 0 Å². The van der Waals surface area contributed by atoms with Crippen LogP contribution in [0.3, 0.4) is 0 Å². The Morgan fingerprint density at radius 1 is 1.32 bits per heavy atom. The Hall–Kier alpha value is -1.10. The van der Waals surface area contributed by atoms with Crippen LogP contribution in [0, 0.1) is 5.92 Å². The summed E-state index contributed by atoms with van der Waals surface area (Å²) >= 11 is 0.